The molecule has 0 fully saturated rings. The lowest BCUT2D eigenvalue weighted by molar-refractivity contribution is 0.596. The van der Waals surface area contributed by atoms with Gasteiger partial charge in [0, 0.05) is 34.1 Å². The van der Waals surface area contributed by atoms with Gasteiger partial charge in [-0.3, -0.25) is 0 Å². The van der Waals surface area contributed by atoms with Crippen molar-refractivity contribution in [1.82, 2.24) is 0 Å². The Morgan fingerprint density at radius 3 is 1.00 bits per heavy atom. The third-order valence-electron chi connectivity index (χ3n) is 5.18. The summed E-state index contributed by atoms with van der Waals surface area (Å²) in [6, 6.07) is 27.0. The molecule has 37 heavy (non-hydrogen) atoms. The van der Waals surface area contributed by atoms with Gasteiger partial charge in [-0.1, -0.05) is 0 Å². The van der Waals surface area contributed by atoms with Crippen LogP contribution in [0.25, 0.3) is 0 Å². The summed E-state index contributed by atoms with van der Waals surface area (Å²) in [7, 11) is -3.71. The highest BCUT2D eigenvalue weighted by atomic mass is 32.2. The zero-order chi connectivity index (χ0) is 26.4. The lowest BCUT2D eigenvalue weighted by Crippen LogP contribution is -2.19. The second-order valence-corrected chi connectivity index (χ2v) is 10.7. The summed E-state index contributed by atoms with van der Waals surface area (Å²) in [4.78, 5) is 0.327. The molecular formula is C26H24N6O2S3. The first-order valence-corrected chi connectivity index (χ1v) is 13.3. The number of sulfone groups is 1. The van der Waals surface area contributed by atoms with E-state index in [1.807, 2.05) is 24.3 Å². The molecule has 0 aliphatic rings. The molecule has 188 valence electrons. The molecule has 11 heteroatoms. The van der Waals surface area contributed by atoms with Crippen LogP contribution in [0.5, 0.6) is 0 Å². The molecule has 8 N–H and O–H groups in total. The van der Waals surface area contributed by atoms with E-state index in [4.69, 9.17) is 35.9 Å². The number of anilines is 6. The molecule has 4 rings (SSSR count). The summed E-state index contributed by atoms with van der Waals surface area (Å²) in [5.74, 6) is 0. The van der Waals surface area contributed by atoms with Crippen LogP contribution in [0.1, 0.15) is 0 Å². The molecule has 4 aromatic rings. The van der Waals surface area contributed by atoms with Crippen LogP contribution >= 0.6 is 24.4 Å². The average Bonchev–Trinajstić information content (AvgIpc) is 2.87. The van der Waals surface area contributed by atoms with Crippen LogP contribution in [-0.2, 0) is 9.84 Å². The van der Waals surface area contributed by atoms with Crippen molar-refractivity contribution in [1.29, 1.82) is 0 Å². The van der Waals surface area contributed by atoms with Gasteiger partial charge in [0.15, 0.2) is 10.2 Å². The van der Waals surface area contributed by atoms with Gasteiger partial charge in [0.2, 0.25) is 9.84 Å². The Bertz CT molecular complexity index is 1390. The predicted octanol–water partition coefficient (Wildman–Crippen LogP) is 5.30. The van der Waals surface area contributed by atoms with Crippen LogP contribution in [0.4, 0.5) is 34.1 Å². The van der Waals surface area contributed by atoms with E-state index in [-0.39, 0.29) is 9.79 Å². The van der Waals surface area contributed by atoms with Gasteiger partial charge in [0.25, 0.3) is 0 Å². The van der Waals surface area contributed by atoms with Crippen molar-refractivity contribution in [3.8, 4) is 0 Å². The first-order valence-electron chi connectivity index (χ1n) is 11.0. The summed E-state index contributed by atoms with van der Waals surface area (Å²) < 4.78 is 26.2. The molecule has 0 radical (unpaired) electrons. The molecule has 0 unspecified atom stereocenters. The van der Waals surface area contributed by atoms with E-state index in [1.165, 1.54) is 24.3 Å². The van der Waals surface area contributed by atoms with Crippen molar-refractivity contribution in [2.45, 2.75) is 9.79 Å². The Hall–Kier alpha value is -4.19. The summed E-state index contributed by atoms with van der Waals surface area (Å²) >= 11 is 10.6. The maximum Gasteiger partial charge on any atom is 0.206 e. The molecule has 0 atom stereocenters. The maximum atomic E-state index is 13.1. The lowest BCUT2D eigenvalue weighted by Gasteiger charge is -2.12. The van der Waals surface area contributed by atoms with Crippen LogP contribution in [0, 0.1) is 0 Å². The molecule has 0 amide bonds. The van der Waals surface area contributed by atoms with Gasteiger partial charge < -0.3 is 32.7 Å². The minimum atomic E-state index is -3.71. The molecule has 0 heterocycles. The van der Waals surface area contributed by atoms with Crippen molar-refractivity contribution in [2.75, 3.05) is 32.7 Å². The molecule has 8 nitrogen and oxygen atoms in total. The SMILES string of the molecule is Nc1ccc(NC(=S)Nc2ccc(S(=O)(=O)c3ccc(NC(=S)Nc4ccc(N)cc4)cc3)cc2)cc1. The molecule has 0 saturated carbocycles. The molecule has 0 spiro atoms. The molecule has 0 aromatic heterocycles. The maximum absolute atomic E-state index is 13.1. The number of nitrogens with two attached hydrogens (primary N) is 2. The summed E-state index contributed by atoms with van der Waals surface area (Å²) in [6.07, 6.45) is 0. The van der Waals surface area contributed by atoms with Crippen molar-refractivity contribution in [3.05, 3.63) is 97.1 Å². The molecule has 0 saturated heterocycles. The van der Waals surface area contributed by atoms with Crippen LogP contribution in [0.2, 0.25) is 0 Å². The fourth-order valence-electron chi connectivity index (χ4n) is 3.29. The highest BCUT2D eigenvalue weighted by Gasteiger charge is 2.17. The van der Waals surface area contributed by atoms with E-state index in [0.717, 1.165) is 11.4 Å². The summed E-state index contributed by atoms with van der Waals surface area (Å²) in [5, 5.41) is 12.9. The zero-order valence-corrected chi connectivity index (χ0v) is 21.9. The number of nitrogens with one attached hydrogen (secondary N) is 4. The van der Waals surface area contributed by atoms with Gasteiger partial charge in [-0.15, -0.1) is 0 Å². The van der Waals surface area contributed by atoms with Crippen LogP contribution in [0.3, 0.4) is 0 Å². The Kier molecular flexibility index (Phi) is 7.87. The van der Waals surface area contributed by atoms with Crippen LogP contribution in [0.15, 0.2) is 107 Å². The third kappa shape index (κ3) is 6.94. The zero-order valence-electron chi connectivity index (χ0n) is 19.4. The second-order valence-electron chi connectivity index (χ2n) is 7.95. The summed E-state index contributed by atoms with van der Waals surface area (Å²) in [6.45, 7) is 0. The van der Waals surface area contributed by atoms with Crippen molar-refractivity contribution >= 4 is 78.6 Å². The van der Waals surface area contributed by atoms with Gasteiger partial charge in [-0.25, -0.2) is 8.42 Å². The monoisotopic (exact) mass is 548 g/mol. The van der Waals surface area contributed by atoms with E-state index in [9.17, 15) is 8.42 Å². The van der Waals surface area contributed by atoms with Gasteiger partial charge >= 0.3 is 0 Å². The summed E-state index contributed by atoms with van der Waals surface area (Å²) in [5.41, 5.74) is 15.5. The first-order chi connectivity index (χ1) is 17.7. The number of benzene rings is 4. The fourth-order valence-corrected chi connectivity index (χ4v) is 5.02. The molecule has 0 aliphatic heterocycles. The highest BCUT2D eigenvalue weighted by molar-refractivity contribution is 7.91. The lowest BCUT2D eigenvalue weighted by atomic mass is 10.3. The van der Waals surface area contributed by atoms with Gasteiger partial charge in [-0.05, 0) is 121 Å². The smallest absolute Gasteiger partial charge is 0.206 e. The van der Waals surface area contributed by atoms with E-state index < -0.39 is 9.84 Å². The minimum absolute atomic E-state index is 0.164. The molecule has 4 aromatic carbocycles. The van der Waals surface area contributed by atoms with Gasteiger partial charge in [0.1, 0.15) is 0 Å². The number of hydrogen-bond donors (Lipinski definition) is 6. The fraction of sp³-hybridized carbons (Fsp3) is 0. The van der Waals surface area contributed by atoms with Gasteiger partial charge in [0.05, 0.1) is 9.79 Å². The normalized spacial score (nSPS) is 10.8. The van der Waals surface area contributed by atoms with Crippen molar-refractivity contribution in [3.63, 3.8) is 0 Å². The molecule has 0 bridgehead atoms. The van der Waals surface area contributed by atoms with E-state index >= 15 is 0 Å². The van der Waals surface area contributed by atoms with Gasteiger partial charge in [-0.2, -0.15) is 0 Å². The van der Waals surface area contributed by atoms with Crippen LogP contribution < -0.4 is 32.7 Å². The Morgan fingerprint density at radius 1 is 0.486 bits per heavy atom. The third-order valence-corrected chi connectivity index (χ3v) is 7.38. The average molecular weight is 549 g/mol. The Balaban J connectivity index is 1.36. The number of rotatable bonds is 6. The quantitative estimate of drug-likeness (QED) is 0.139. The highest BCUT2D eigenvalue weighted by Crippen LogP contribution is 2.24. The predicted molar refractivity (Wildman–Crippen MR) is 160 cm³/mol. The number of thiocarbonyl (C=S) groups is 2. The van der Waals surface area contributed by atoms with E-state index in [0.29, 0.717) is 33.0 Å². The van der Waals surface area contributed by atoms with Crippen molar-refractivity contribution in [2.24, 2.45) is 0 Å². The van der Waals surface area contributed by atoms with Crippen LogP contribution in [-0.4, -0.2) is 18.6 Å². The van der Waals surface area contributed by atoms with E-state index in [2.05, 4.69) is 21.3 Å². The number of nitrogen functional groups attached to an aromatic ring is 2. The molecule has 0 aliphatic carbocycles. The van der Waals surface area contributed by atoms with Crippen molar-refractivity contribution < 1.29 is 8.42 Å². The largest absolute Gasteiger partial charge is 0.399 e. The topological polar surface area (TPSA) is 134 Å². The number of hydrogen-bond acceptors (Lipinski definition) is 6. The first kappa shape index (κ1) is 25.9. The Labute approximate surface area is 226 Å². The Morgan fingerprint density at radius 2 is 0.730 bits per heavy atom. The standard InChI is InChI=1S/C26H24N6O2S3/c27-17-1-5-19(6-2-17)29-25(35)31-21-9-13-23(14-10-21)37(33,34)24-15-11-22(12-16-24)32-26(36)30-20-7-3-18(28)4-8-20/h1-16H,27-28H2,(H2,29,31,35)(H2,30,32,36). The molecular weight excluding hydrogens is 525 g/mol. The second kappa shape index (κ2) is 11.2. The van der Waals surface area contributed by atoms with E-state index in [1.54, 1.807) is 48.5 Å². The minimum Gasteiger partial charge on any atom is -0.399 e.